The molecule has 30 heavy (non-hydrogen) atoms. The number of anilines is 1. The molecule has 0 aliphatic heterocycles. The number of nitrogens with zero attached hydrogens (tertiary/aromatic N) is 2. The van der Waals surface area contributed by atoms with Crippen LogP contribution in [0.15, 0.2) is 76.6 Å². The van der Waals surface area contributed by atoms with Crippen LogP contribution >= 0.6 is 24.0 Å². The summed E-state index contributed by atoms with van der Waals surface area (Å²) in [5.74, 6) is 0.417. The lowest BCUT2D eigenvalue weighted by Crippen LogP contribution is -2.24. The van der Waals surface area contributed by atoms with E-state index in [0.29, 0.717) is 19.0 Å². The lowest BCUT2D eigenvalue weighted by atomic mass is 10.0. The smallest absolute Gasteiger partial charge is 0.250 e. The zero-order chi connectivity index (χ0) is 20.6. The number of halogens is 1. The van der Waals surface area contributed by atoms with Crippen molar-refractivity contribution < 1.29 is 0 Å². The summed E-state index contributed by atoms with van der Waals surface area (Å²) in [4.78, 5) is 16.3. The van der Waals surface area contributed by atoms with Crippen molar-refractivity contribution in [3.8, 4) is 0 Å². The molecule has 3 N–H and O–H groups in total. The number of rotatable bonds is 7. The molecule has 3 rings (SSSR count). The molecule has 0 bridgehead atoms. The second-order valence-electron chi connectivity index (χ2n) is 6.97. The number of pyridine rings is 1. The third-order valence-electron chi connectivity index (χ3n) is 4.96. The van der Waals surface area contributed by atoms with Gasteiger partial charge in [-0.1, -0.05) is 62.4 Å². The number of aromatic nitrogens is 1. The second-order valence-corrected chi connectivity index (χ2v) is 6.97. The number of para-hydroxylation sites is 1. The highest BCUT2D eigenvalue weighted by Crippen LogP contribution is 2.22. The van der Waals surface area contributed by atoms with Crippen LogP contribution in [0.25, 0.3) is 0 Å². The largest absolute Gasteiger partial charge is 0.370 e. The Morgan fingerprint density at radius 3 is 2.17 bits per heavy atom. The van der Waals surface area contributed by atoms with Crippen molar-refractivity contribution in [1.29, 1.82) is 0 Å². The van der Waals surface area contributed by atoms with Crippen LogP contribution in [0.2, 0.25) is 0 Å². The van der Waals surface area contributed by atoms with Gasteiger partial charge in [0, 0.05) is 18.0 Å². The van der Waals surface area contributed by atoms with Gasteiger partial charge in [0.2, 0.25) is 0 Å². The Balaban J connectivity index is 0.00000320. The van der Waals surface area contributed by atoms with E-state index in [0.717, 1.165) is 29.7 Å². The van der Waals surface area contributed by atoms with Crippen LogP contribution in [0.1, 0.15) is 36.1 Å². The molecule has 0 saturated carbocycles. The molecule has 3 aromatic rings. The zero-order valence-corrected chi connectivity index (χ0v) is 19.8. The minimum atomic E-state index is -0.00108. The van der Waals surface area contributed by atoms with Crippen LogP contribution in [0.4, 0.5) is 5.69 Å². The van der Waals surface area contributed by atoms with E-state index < -0.39 is 0 Å². The van der Waals surface area contributed by atoms with Crippen LogP contribution in [0.5, 0.6) is 0 Å². The minimum Gasteiger partial charge on any atom is -0.370 e. The molecule has 1 heterocycles. The van der Waals surface area contributed by atoms with E-state index in [1.807, 2.05) is 30.3 Å². The molecule has 0 atom stereocenters. The van der Waals surface area contributed by atoms with Crippen molar-refractivity contribution in [3.63, 3.8) is 0 Å². The summed E-state index contributed by atoms with van der Waals surface area (Å²) in [5.41, 5.74) is 11.8. The van der Waals surface area contributed by atoms with Gasteiger partial charge in [-0.05, 0) is 41.2 Å². The van der Waals surface area contributed by atoms with E-state index in [1.165, 1.54) is 11.1 Å². The Labute approximate surface area is 195 Å². The fraction of sp³-hybridized carbons (Fsp3) is 0.250. The van der Waals surface area contributed by atoms with Gasteiger partial charge in [0.1, 0.15) is 0 Å². The van der Waals surface area contributed by atoms with Gasteiger partial charge < -0.3 is 15.6 Å². The van der Waals surface area contributed by atoms with Gasteiger partial charge in [0.25, 0.3) is 5.56 Å². The van der Waals surface area contributed by atoms with E-state index in [-0.39, 0.29) is 29.5 Å². The summed E-state index contributed by atoms with van der Waals surface area (Å²) in [6.07, 6.45) is 3.68. The third-order valence-corrected chi connectivity index (χ3v) is 4.96. The summed E-state index contributed by atoms with van der Waals surface area (Å²) in [5, 5.41) is 3.29. The van der Waals surface area contributed by atoms with Gasteiger partial charge in [0.05, 0.1) is 13.1 Å². The number of aryl methyl sites for hydroxylation is 2. The molecule has 5 nitrogen and oxygen atoms in total. The Bertz CT molecular complexity index is 1020. The number of hydrogen-bond donors (Lipinski definition) is 2. The van der Waals surface area contributed by atoms with Crippen LogP contribution in [0.3, 0.4) is 0 Å². The van der Waals surface area contributed by atoms with Crippen LogP contribution in [-0.4, -0.2) is 10.5 Å². The topological polar surface area (TPSA) is 72.4 Å². The molecule has 0 aliphatic carbocycles. The average molecular weight is 516 g/mol. The molecule has 0 amide bonds. The molecule has 1 aromatic heterocycles. The van der Waals surface area contributed by atoms with Crippen molar-refractivity contribution in [2.75, 3.05) is 5.32 Å². The number of nitrogens with two attached hydrogens (primary N) is 1. The van der Waals surface area contributed by atoms with Gasteiger partial charge in [0.15, 0.2) is 5.96 Å². The van der Waals surface area contributed by atoms with Crippen molar-refractivity contribution in [3.05, 3.63) is 99.5 Å². The first-order valence-electron chi connectivity index (χ1n) is 10.0. The van der Waals surface area contributed by atoms with Crippen LogP contribution in [0, 0.1) is 0 Å². The summed E-state index contributed by atoms with van der Waals surface area (Å²) in [6.45, 7) is 5.33. The summed E-state index contributed by atoms with van der Waals surface area (Å²) < 4.78 is 1.69. The summed E-state index contributed by atoms with van der Waals surface area (Å²) >= 11 is 0. The Kier molecular flexibility index (Phi) is 9.11. The second kappa shape index (κ2) is 11.5. The van der Waals surface area contributed by atoms with Crippen LogP contribution < -0.4 is 16.6 Å². The van der Waals surface area contributed by atoms with Gasteiger partial charge in [-0.3, -0.25) is 4.79 Å². The fourth-order valence-electron chi connectivity index (χ4n) is 3.29. The number of nitrogens with one attached hydrogen (secondary N) is 1. The predicted octanol–water partition coefficient (Wildman–Crippen LogP) is 4.57. The molecule has 2 aromatic carbocycles. The molecule has 0 spiro atoms. The molecule has 158 valence electrons. The van der Waals surface area contributed by atoms with E-state index in [4.69, 9.17) is 5.73 Å². The highest BCUT2D eigenvalue weighted by atomic mass is 127. The van der Waals surface area contributed by atoms with Gasteiger partial charge in [-0.25, -0.2) is 4.99 Å². The normalized spacial score (nSPS) is 11.1. The number of aliphatic imine (C=N–C) groups is 1. The molecular formula is C24H29IN4O. The van der Waals surface area contributed by atoms with Crippen molar-refractivity contribution in [2.24, 2.45) is 10.7 Å². The quantitative estimate of drug-likeness (QED) is 0.275. The molecule has 0 saturated heterocycles. The number of guanidine groups is 1. The maximum atomic E-state index is 11.8. The molecule has 0 aliphatic rings. The Morgan fingerprint density at radius 2 is 1.57 bits per heavy atom. The number of hydrogen-bond acceptors (Lipinski definition) is 2. The van der Waals surface area contributed by atoms with Gasteiger partial charge in [-0.2, -0.15) is 0 Å². The van der Waals surface area contributed by atoms with Crippen molar-refractivity contribution in [2.45, 2.75) is 39.8 Å². The molecule has 0 fully saturated rings. The molecule has 0 radical (unpaired) electrons. The van der Waals surface area contributed by atoms with Gasteiger partial charge in [-0.15, -0.1) is 24.0 Å². The SMILES string of the molecule is CCc1cccc(CC)c1NC(N)=NCc1ccc(Cn2ccccc2=O)cc1.I. The van der Waals surface area contributed by atoms with Crippen LogP contribution in [-0.2, 0) is 25.9 Å². The van der Waals surface area contributed by atoms with Crippen molar-refractivity contribution >= 4 is 35.6 Å². The van der Waals surface area contributed by atoms with Crippen molar-refractivity contribution in [1.82, 2.24) is 4.57 Å². The Hall–Kier alpha value is -2.61. The summed E-state index contributed by atoms with van der Waals surface area (Å²) in [6, 6.07) is 19.6. The summed E-state index contributed by atoms with van der Waals surface area (Å²) in [7, 11) is 0. The van der Waals surface area contributed by atoms with E-state index in [2.05, 4.69) is 42.4 Å². The highest BCUT2D eigenvalue weighted by molar-refractivity contribution is 14.0. The van der Waals surface area contributed by atoms with Gasteiger partial charge >= 0.3 is 0 Å². The standard InChI is InChI=1S/C24H28N4O.HI/c1-3-20-8-7-9-21(4-2)23(20)27-24(25)26-16-18-11-13-19(14-12-18)17-28-15-6-5-10-22(28)29;/h5-15H,3-4,16-17H2,1-2H3,(H3,25,26,27);1H. The first kappa shape index (κ1) is 23.7. The highest BCUT2D eigenvalue weighted by Gasteiger charge is 2.07. The molecule has 0 unspecified atom stereocenters. The third kappa shape index (κ3) is 6.19. The van der Waals surface area contributed by atoms with E-state index in [1.54, 1.807) is 22.9 Å². The zero-order valence-electron chi connectivity index (χ0n) is 17.5. The molecule has 6 heteroatoms. The first-order chi connectivity index (χ1) is 14.1. The maximum absolute atomic E-state index is 11.8. The average Bonchev–Trinajstić information content (AvgIpc) is 2.75. The van der Waals surface area contributed by atoms with E-state index >= 15 is 0 Å². The monoisotopic (exact) mass is 516 g/mol. The predicted molar refractivity (Wildman–Crippen MR) is 136 cm³/mol. The first-order valence-corrected chi connectivity index (χ1v) is 10.0. The maximum Gasteiger partial charge on any atom is 0.250 e. The minimum absolute atomic E-state index is 0. The lowest BCUT2D eigenvalue weighted by Gasteiger charge is -2.14. The molecular weight excluding hydrogens is 487 g/mol. The lowest BCUT2D eigenvalue weighted by molar-refractivity contribution is 0.759. The van der Waals surface area contributed by atoms with E-state index in [9.17, 15) is 4.79 Å². The fourth-order valence-corrected chi connectivity index (χ4v) is 3.29. The Morgan fingerprint density at radius 1 is 0.933 bits per heavy atom. The number of benzene rings is 2.